The fourth-order valence-corrected chi connectivity index (χ4v) is 1.76. The molecule has 1 aromatic rings. The summed E-state index contributed by atoms with van der Waals surface area (Å²) in [6.07, 6.45) is 0. The molecule has 0 aromatic carbocycles. The van der Waals surface area contributed by atoms with E-state index < -0.39 is 0 Å². The van der Waals surface area contributed by atoms with Gasteiger partial charge in [0.25, 0.3) is 0 Å². The van der Waals surface area contributed by atoms with E-state index in [2.05, 4.69) is 20.6 Å². The monoisotopic (exact) mass is 215 g/mol. The van der Waals surface area contributed by atoms with Crippen LogP contribution in [0.2, 0.25) is 0 Å². The van der Waals surface area contributed by atoms with E-state index >= 15 is 0 Å². The third-order valence-corrected chi connectivity index (χ3v) is 2.69. The standard InChI is InChI=1S/C8H13N3O2S/c1-5-4-14-7(9-5)6(2)10-8(12)11-13-3/h4,6H,1-3H3,(H2,10,11,12). The molecule has 0 spiro atoms. The molecule has 14 heavy (non-hydrogen) atoms. The number of rotatable bonds is 3. The third-order valence-electron chi connectivity index (χ3n) is 1.55. The van der Waals surface area contributed by atoms with Crippen molar-refractivity contribution in [3.8, 4) is 0 Å². The molecule has 0 saturated carbocycles. The zero-order valence-corrected chi connectivity index (χ0v) is 9.14. The highest BCUT2D eigenvalue weighted by molar-refractivity contribution is 7.09. The van der Waals surface area contributed by atoms with E-state index in [1.807, 2.05) is 19.2 Å². The molecule has 0 aliphatic rings. The van der Waals surface area contributed by atoms with Crippen molar-refractivity contribution in [2.24, 2.45) is 0 Å². The van der Waals surface area contributed by atoms with Crippen LogP contribution in [0.3, 0.4) is 0 Å². The van der Waals surface area contributed by atoms with Crippen LogP contribution < -0.4 is 10.8 Å². The highest BCUT2D eigenvalue weighted by Crippen LogP contribution is 2.16. The number of aromatic nitrogens is 1. The van der Waals surface area contributed by atoms with Gasteiger partial charge in [-0.2, -0.15) is 0 Å². The van der Waals surface area contributed by atoms with E-state index in [-0.39, 0.29) is 12.1 Å². The largest absolute Gasteiger partial charge is 0.339 e. The van der Waals surface area contributed by atoms with Crippen LogP contribution in [0, 0.1) is 6.92 Å². The van der Waals surface area contributed by atoms with Crippen LogP contribution >= 0.6 is 11.3 Å². The van der Waals surface area contributed by atoms with Gasteiger partial charge < -0.3 is 5.32 Å². The molecular formula is C8H13N3O2S. The van der Waals surface area contributed by atoms with Crippen molar-refractivity contribution in [1.29, 1.82) is 0 Å². The molecule has 5 nitrogen and oxygen atoms in total. The Hall–Kier alpha value is -1.14. The molecule has 1 rings (SSSR count). The van der Waals surface area contributed by atoms with Crippen molar-refractivity contribution in [1.82, 2.24) is 15.8 Å². The minimum Gasteiger partial charge on any atom is -0.327 e. The molecule has 0 fully saturated rings. The molecule has 1 unspecified atom stereocenters. The van der Waals surface area contributed by atoms with Crippen LogP contribution in [0.25, 0.3) is 0 Å². The van der Waals surface area contributed by atoms with Crippen LogP contribution in [-0.2, 0) is 4.84 Å². The lowest BCUT2D eigenvalue weighted by Crippen LogP contribution is -2.36. The van der Waals surface area contributed by atoms with Crippen molar-refractivity contribution >= 4 is 17.4 Å². The van der Waals surface area contributed by atoms with E-state index in [0.29, 0.717) is 0 Å². The molecule has 0 aliphatic carbocycles. The van der Waals surface area contributed by atoms with Gasteiger partial charge in [-0.25, -0.2) is 15.3 Å². The lowest BCUT2D eigenvalue weighted by molar-refractivity contribution is 0.106. The number of hydrogen-bond acceptors (Lipinski definition) is 4. The first-order chi connectivity index (χ1) is 6.63. The Labute approximate surface area is 86.4 Å². The number of nitrogens with zero attached hydrogens (tertiary/aromatic N) is 1. The molecule has 0 saturated heterocycles. The smallest absolute Gasteiger partial charge is 0.327 e. The van der Waals surface area contributed by atoms with Crippen LogP contribution in [0.5, 0.6) is 0 Å². The van der Waals surface area contributed by atoms with Crippen LogP contribution in [0.1, 0.15) is 23.7 Å². The Bertz CT molecular complexity index is 313. The number of hydroxylamine groups is 1. The average molecular weight is 215 g/mol. The SMILES string of the molecule is CONC(=O)NC(C)c1nc(C)cs1. The normalized spacial score (nSPS) is 12.2. The Kier molecular flexibility index (Phi) is 3.84. The van der Waals surface area contributed by atoms with Crippen molar-refractivity contribution < 1.29 is 9.63 Å². The number of urea groups is 1. The topological polar surface area (TPSA) is 63.2 Å². The maximum Gasteiger partial charge on any atom is 0.339 e. The molecule has 1 atom stereocenters. The van der Waals surface area contributed by atoms with Crippen molar-refractivity contribution in [2.75, 3.05) is 7.11 Å². The van der Waals surface area contributed by atoms with Crippen LogP contribution in [0.15, 0.2) is 5.38 Å². The Morgan fingerprint density at radius 3 is 2.93 bits per heavy atom. The predicted octanol–water partition coefficient (Wildman–Crippen LogP) is 1.37. The zero-order chi connectivity index (χ0) is 10.6. The molecule has 2 amide bonds. The molecule has 1 heterocycles. The minimum absolute atomic E-state index is 0.108. The van der Waals surface area contributed by atoms with E-state index in [0.717, 1.165) is 10.7 Å². The number of carbonyl (C=O) groups excluding carboxylic acids is 1. The van der Waals surface area contributed by atoms with Gasteiger partial charge in [0, 0.05) is 11.1 Å². The summed E-state index contributed by atoms with van der Waals surface area (Å²) < 4.78 is 0. The van der Waals surface area contributed by atoms with Crippen molar-refractivity contribution in [3.05, 3.63) is 16.1 Å². The fourth-order valence-electron chi connectivity index (χ4n) is 0.952. The van der Waals surface area contributed by atoms with Crippen LogP contribution in [-0.4, -0.2) is 18.1 Å². The summed E-state index contributed by atoms with van der Waals surface area (Å²) in [4.78, 5) is 19.8. The Morgan fingerprint density at radius 1 is 1.71 bits per heavy atom. The summed E-state index contributed by atoms with van der Waals surface area (Å²) in [7, 11) is 1.39. The van der Waals surface area contributed by atoms with Crippen molar-refractivity contribution in [2.45, 2.75) is 19.9 Å². The first-order valence-electron chi connectivity index (χ1n) is 4.15. The van der Waals surface area contributed by atoms with E-state index in [9.17, 15) is 4.79 Å². The van der Waals surface area contributed by atoms with Gasteiger partial charge in [0.1, 0.15) is 5.01 Å². The average Bonchev–Trinajstić information content (AvgIpc) is 2.52. The molecular weight excluding hydrogens is 202 g/mol. The summed E-state index contributed by atoms with van der Waals surface area (Å²) in [5, 5.41) is 5.51. The van der Waals surface area contributed by atoms with Gasteiger partial charge in [-0.05, 0) is 13.8 Å². The van der Waals surface area contributed by atoms with Gasteiger partial charge in [0.15, 0.2) is 0 Å². The van der Waals surface area contributed by atoms with Gasteiger partial charge >= 0.3 is 6.03 Å². The number of amides is 2. The molecule has 0 bridgehead atoms. The lowest BCUT2D eigenvalue weighted by atomic mass is 10.3. The molecule has 78 valence electrons. The number of thiazole rings is 1. The van der Waals surface area contributed by atoms with E-state index in [1.54, 1.807) is 0 Å². The number of carbonyl (C=O) groups is 1. The van der Waals surface area contributed by atoms with Gasteiger partial charge in [-0.1, -0.05) is 0 Å². The second-order valence-electron chi connectivity index (χ2n) is 2.83. The number of nitrogens with one attached hydrogen (secondary N) is 2. The molecule has 0 radical (unpaired) electrons. The van der Waals surface area contributed by atoms with Gasteiger partial charge in [0.2, 0.25) is 0 Å². The summed E-state index contributed by atoms with van der Waals surface area (Å²) in [5.41, 5.74) is 3.14. The fraction of sp³-hybridized carbons (Fsp3) is 0.500. The van der Waals surface area contributed by atoms with Gasteiger partial charge in [-0.3, -0.25) is 4.84 Å². The van der Waals surface area contributed by atoms with E-state index in [1.165, 1.54) is 18.4 Å². The second-order valence-corrected chi connectivity index (χ2v) is 3.72. The molecule has 2 N–H and O–H groups in total. The Balaban J connectivity index is 2.50. The predicted molar refractivity (Wildman–Crippen MR) is 53.9 cm³/mol. The van der Waals surface area contributed by atoms with Crippen molar-refractivity contribution in [3.63, 3.8) is 0 Å². The maximum atomic E-state index is 11.1. The summed E-state index contributed by atoms with van der Waals surface area (Å²) in [6, 6.07) is -0.475. The zero-order valence-electron chi connectivity index (χ0n) is 8.33. The van der Waals surface area contributed by atoms with Gasteiger partial charge in [-0.15, -0.1) is 11.3 Å². The first kappa shape index (κ1) is 10.9. The molecule has 1 aromatic heterocycles. The highest BCUT2D eigenvalue weighted by Gasteiger charge is 2.11. The summed E-state index contributed by atoms with van der Waals surface area (Å²) >= 11 is 1.52. The molecule has 0 aliphatic heterocycles. The number of hydrogen-bond donors (Lipinski definition) is 2. The number of aryl methyl sites for hydroxylation is 1. The Morgan fingerprint density at radius 2 is 2.43 bits per heavy atom. The lowest BCUT2D eigenvalue weighted by Gasteiger charge is -2.10. The van der Waals surface area contributed by atoms with E-state index in [4.69, 9.17) is 0 Å². The molecule has 6 heteroatoms. The third kappa shape index (κ3) is 2.97. The second kappa shape index (κ2) is 4.92. The summed E-state index contributed by atoms with van der Waals surface area (Å²) in [5.74, 6) is 0. The van der Waals surface area contributed by atoms with Gasteiger partial charge in [0.05, 0.1) is 13.2 Å². The first-order valence-corrected chi connectivity index (χ1v) is 5.03. The van der Waals surface area contributed by atoms with Crippen LogP contribution in [0.4, 0.5) is 4.79 Å². The summed E-state index contributed by atoms with van der Waals surface area (Å²) in [6.45, 7) is 3.79. The maximum absolute atomic E-state index is 11.1. The highest BCUT2D eigenvalue weighted by atomic mass is 32.1. The quantitative estimate of drug-likeness (QED) is 0.748. The minimum atomic E-state index is -0.368.